The van der Waals surface area contributed by atoms with E-state index in [0.717, 1.165) is 23.7 Å². The van der Waals surface area contributed by atoms with E-state index in [-0.39, 0.29) is 11.9 Å². The van der Waals surface area contributed by atoms with E-state index < -0.39 is 0 Å². The average Bonchev–Trinajstić information content (AvgIpc) is 3.43. The molecular weight excluding hydrogens is 372 g/mol. The van der Waals surface area contributed by atoms with Crippen molar-refractivity contribution < 1.29 is 4.79 Å². The van der Waals surface area contributed by atoms with Gasteiger partial charge in [0.15, 0.2) is 0 Å². The summed E-state index contributed by atoms with van der Waals surface area (Å²) in [6.07, 6.45) is 4.18. The Bertz CT molecular complexity index is 1160. The second-order valence-electron chi connectivity index (χ2n) is 7.94. The van der Waals surface area contributed by atoms with Crippen molar-refractivity contribution in [3.63, 3.8) is 0 Å². The summed E-state index contributed by atoms with van der Waals surface area (Å²) in [6, 6.07) is 24.9. The van der Waals surface area contributed by atoms with Crippen molar-refractivity contribution in [3.8, 4) is 0 Å². The maximum atomic E-state index is 12.4. The number of amides is 1. The topological polar surface area (TPSA) is 69.8 Å². The summed E-state index contributed by atoms with van der Waals surface area (Å²) in [4.78, 5) is 12.4. The van der Waals surface area contributed by atoms with Crippen molar-refractivity contribution >= 4 is 22.4 Å². The molecule has 1 aliphatic rings. The van der Waals surface area contributed by atoms with Crippen molar-refractivity contribution in [2.75, 3.05) is 11.9 Å². The van der Waals surface area contributed by atoms with Gasteiger partial charge in [-0.3, -0.25) is 9.89 Å². The molecule has 1 atom stereocenters. The van der Waals surface area contributed by atoms with Gasteiger partial charge in [-0.1, -0.05) is 48.5 Å². The summed E-state index contributed by atoms with van der Waals surface area (Å²) in [6.45, 7) is 1.00. The minimum atomic E-state index is -0.196. The zero-order valence-corrected chi connectivity index (χ0v) is 16.6. The highest BCUT2D eigenvalue weighted by atomic mass is 16.1. The van der Waals surface area contributed by atoms with Gasteiger partial charge in [-0.25, -0.2) is 0 Å². The Morgan fingerprint density at radius 1 is 0.967 bits per heavy atom. The molecule has 4 aromatic rings. The van der Waals surface area contributed by atoms with E-state index in [9.17, 15) is 4.79 Å². The molecule has 0 spiro atoms. The van der Waals surface area contributed by atoms with Gasteiger partial charge in [-0.2, -0.15) is 5.10 Å². The molecule has 5 heteroatoms. The minimum Gasteiger partial charge on any atom is -0.321 e. The summed E-state index contributed by atoms with van der Waals surface area (Å²) in [5.74, 6) is 0.578. The molecule has 0 bridgehead atoms. The molecule has 1 amide bonds. The summed E-state index contributed by atoms with van der Waals surface area (Å²) < 4.78 is 0. The second kappa shape index (κ2) is 8.13. The second-order valence-corrected chi connectivity index (χ2v) is 7.94. The quantitative estimate of drug-likeness (QED) is 0.416. The van der Waals surface area contributed by atoms with Crippen LogP contribution in [-0.4, -0.2) is 22.6 Å². The Labute approximate surface area is 175 Å². The number of carbonyl (C=O) groups excluding carboxylic acids is 1. The molecule has 1 saturated carbocycles. The van der Waals surface area contributed by atoms with Crippen molar-refractivity contribution in [2.45, 2.75) is 18.9 Å². The maximum Gasteiger partial charge on any atom is 0.273 e. The molecule has 3 N–H and O–H groups in total. The first kappa shape index (κ1) is 18.6. The number of nitrogens with zero attached hydrogens (tertiary/aromatic N) is 1. The fraction of sp³-hybridized carbons (Fsp3) is 0.200. The molecule has 1 aromatic heterocycles. The summed E-state index contributed by atoms with van der Waals surface area (Å²) in [7, 11) is 0. The Morgan fingerprint density at radius 2 is 1.80 bits per heavy atom. The first-order chi connectivity index (χ1) is 14.8. The van der Waals surface area contributed by atoms with Gasteiger partial charge in [-0.15, -0.1) is 0 Å². The Morgan fingerprint density at radius 3 is 2.60 bits per heavy atom. The number of aromatic amines is 1. The van der Waals surface area contributed by atoms with Crippen molar-refractivity contribution in [3.05, 3.63) is 95.8 Å². The number of fused-ring (bicyclic) bond motifs is 1. The van der Waals surface area contributed by atoms with Gasteiger partial charge in [0.25, 0.3) is 5.91 Å². The molecule has 3 aromatic carbocycles. The first-order valence-electron chi connectivity index (χ1n) is 10.4. The van der Waals surface area contributed by atoms with Crippen LogP contribution in [-0.2, 0) is 0 Å². The third-order valence-corrected chi connectivity index (χ3v) is 5.64. The predicted octanol–water partition coefficient (Wildman–Crippen LogP) is 4.90. The number of aromatic nitrogens is 2. The van der Waals surface area contributed by atoms with Crippen molar-refractivity contribution in [2.24, 2.45) is 5.92 Å². The lowest BCUT2D eigenvalue weighted by atomic mass is 9.95. The fourth-order valence-corrected chi connectivity index (χ4v) is 3.80. The minimum absolute atomic E-state index is 0.0687. The third-order valence-electron chi connectivity index (χ3n) is 5.64. The maximum absolute atomic E-state index is 12.4. The van der Waals surface area contributed by atoms with Crippen LogP contribution in [0.15, 0.2) is 79.0 Å². The Balaban J connectivity index is 1.45. The van der Waals surface area contributed by atoms with Gasteiger partial charge in [0, 0.05) is 11.9 Å². The van der Waals surface area contributed by atoms with Crippen LogP contribution < -0.4 is 10.6 Å². The van der Waals surface area contributed by atoms with Crippen LogP contribution in [0.2, 0.25) is 0 Å². The molecular formula is C25H24N4O. The zero-order chi connectivity index (χ0) is 20.3. The molecule has 0 aliphatic heterocycles. The van der Waals surface area contributed by atoms with E-state index >= 15 is 0 Å². The highest BCUT2D eigenvalue weighted by Crippen LogP contribution is 2.31. The van der Waals surface area contributed by atoms with Gasteiger partial charge < -0.3 is 10.6 Å². The van der Waals surface area contributed by atoms with Gasteiger partial charge >= 0.3 is 0 Å². The van der Waals surface area contributed by atoms with Crippen molar-refractivity contribution in [1.29, 1.82) is 0 Å². The lowest BCUT2D eigenvalue weighted by Crippen LogP contribution is -2.25. The highest BCUT2D eigenvalue weighted by Gasteiger charge is 2.24. The SMILES string of the molecule is O=C(Nc1cccc(C(NCC2CC2)c2ccc3ccccc3c2)c1)c1ccn[nH]1. The predicted molar refractivity (Wildman–Crippen MR) is 120 cm³/mol. The fourth-order valence-electron chi connectivity index (χ4n) is 3.80. The monoisotopic (exact) mass is 396 g/mol. The Hall–Kier alpha value is -3.44. The van der Waals surface area contributed by atoms with Gasteiger partial charge in [0.05, 0.1) is 6.04 Å². The molecule has 30 heavy (non-hydrogen) atoms. The van der Waals surface area contributed by atoms with Gasteiger partial charge in [0.2, 0.25) is 0 Å². The van der Waals surface area contributed by atoms with E-state index in [2.05, 4.69) is 69.4 Å². The van der Waals surface area contributed by atoms with Crippen molar-refractivity contribution in [1.82, 2.24) is 15.5 Å². The number of hydrogen-bond donors (Lipinski definition) is 3. The standard InChI is InChI=1S/C25H24N4O/c30-25(23-12-13-27-29-23)28-22-7-3-6-20(15-22)24(26-16-17-8-9-17)21-11-10-18-4-1-2-5-19(18)14-21/h1-7,10-15,17,24,26H,8-9,16H2,(H,27,29)(H,28,30). The lowest BCUT2D eigenvalue weighted by molar-refractivity contribution is 0.102. The molecule has 1 unspecified atom stereocenters. The largest absolute Gasteiger partial charge is 0.321 e. The Kier molecular flexibility index (Phi) is 5.03. The lowest BCUT2D eigenvalue weighted by Gasteiger charge is -2.21. The van der Waals surface area contributed by atoms with Crippen LogP contribution in [0.5, 0.6) is 0 Å². The number of H-pyrrole nitrogens is 1. The first-order valence-corrected chi connectivity index (χ1v) is 10.4. The smallest absolute Gasteiger partial charge is 0.273 e. The molecule has 150 valence electrons. The highest BCUT2D eigenvalue weighted by molar-refractivity contribution is 6.02. The molecule has 5 nitrogen and oxygen atoms in total. The van der Waals surface area contributed by atoms with Gasteiger partial charge in [-0.05, 0) is 71.5 Å². The molecule has 1 fully saturated rings. The summed E-state index contributed by atoms with van der Waals surface area (Å²) >= 11 is 0. The van der Waals surface area contributed by atoms with Gasteiger partial charge in [0.1, 0.15) is 5.69 Å². The molecule has 1 aliphatic carbocycles. The van der Waals surface area contributed by atoms with Crippen LogP contribution in [0.25, 0.3) is 10.8 Å². The van der Waals surface area contributed by atoms with E-state index in [1.165, 1.54) is 29.2 Å². The van der Waals surface area contributed by atoms with E-state index in [4.69, 9.17) is 0 Å². The van der Waals surface area contributed by atoms with E-state index in [0.29, 0.717) is 5.69 Å². The summed E-state index contributed by atoms with van der Waals surface area (Å²) in [5.41, 5.74) is 3.57. The number of anilines is 1. The van der Waals surface area contributed by atoms with Crippen LogP contribution >= 0.6 is 0 Å². The third kappa shape index (κ3) is 4.11. The van der Waals surface area contributed by atoms with E-state index in [1.54, 1.807) is 12.3 Å². The number of carbonyl (C=O) groups is 1. The molecule has 0 saturated heterocycles. The normalized spacial score (nSPS) is 14.5. The number of benzene rings is 3. The summed E-state index contributed by atoms with van der Waals surface area (Å²) in [5, 5.41) is 15.7. The zero-order valence-electron chi connectivity index (χ0n) is 16.6. The van der Waals surface area contributed by atoms with Crippen LogP contribution in [0.1, 0.15) is 40.5 Å². The molecule has 0 radical (unpaired) electrons. The molecule has 1 heterocycles. The molecule has 5 rings (SSSR count). The number of rotatable bonds is 7. The van der Waals surface area contributed by atoms with E-state index in [1.807, 2.05) is 18.2 Å². The average molecular weight is 396 g/mol. The number of hydrogen-bond acceptors (Lipinski definition) is 3. The number of nitrogens with one attached hydrogen (secondary N) is 3. The van der Waals surface area contributed by atoms with Crippen LogP contribution in [0, 0.1) is 5.92 Å². The van der Waals surface area contributed by atoms with Crippen LogP contribution in [0.4, 0.5) is 5.69 Å². The van der Waals surface area contributed by atoms with Crippen LogP contribution in [0.3, 0.4) is 0 Å².